The number of likely N-dealkylation sites (tertiary alicyclic amines) is 1. The quantitative estimate of drug-likeness (QED) is 0.900. The molecule has 1 fully saturated rings. The molecular weight excluding hydrogens is 238 g/mol. The third-order valence-electron chi connectivity index (χ3n) is 4.18. The number of aryl methyl sites for hydroxylation is 1. The van der Waals surface area contributed by atoms with Gasteiger partial charge in [-0.1, -0.05) is 12.1 Å². The Labute approximate surface area is 113 Å². The van der Waals surface area contributed by atoms with Crippen LogP contribution in [0.5, 0.6) is 0 Å². The van der Waals surface area contributed by atoms with E-state index in [4.69, 9.17) is 0 Å². The van der Waals surface area contributed by atoms with Gasteiger partial charge in [-0.2, -0.15) is 0 Å². The fraction of sp³-hybridized carbons (Fsp3) is 0.533. The molecule has 1 aromatic heterocycles. The largest absolute Gasteiger partial charge is 0.327 e. The molecule has 3 rings (SSSR count). The van der Waals surface area contributed by atoms with Gasteiger partial charge in [0.1, 0.15) is 0 Å². The maximum atomic E-state index is 12.3. The second-order valence-electron chi connectivity index (χ2n) is 5.72. The third-order valence-corrected chi connectivity index (χ3v) is 4.18. The van der Waals surface area contributed by atoms with Crippen molar-refractivity contribution in [2.45, 2.75) is 45.8 Å². The van der Waals surface area contributed by atoms with E-state index in [0.717, 1.165) is 36.0 Å². The van der Waals surface area contributed by atoms with E-state index < -0.39 is 0 Å². The molecule has 1 N–H and O–H groups in total. The number of H-pyrrole nitrogens is 1. The number of hydrogen-bond donors (Lipinski definition) is 1. The molecule has 2 heterocycles. The summed E-state index contributed by atoms with van der Waals surface area (Å²) in [6, 6.07) is 6.57. The Bertz CT molecular complexity index is 653. The molecule has 1 unspecified atom stereocenters. The molecule has 0 amide bonds. The van der Waals surface area contributed by atoms with Gasteiger partial charge >= 0.3 is 5.69 Å². The van der Waals surface area contributed by atoms with E-state index in [9.17, 15) is 4.79 Å². The monoisotopic (exact) mass is 259 g/mol. The molecule has 1 saturated heterocycles. The van der Waals surface area contributed by atoms with Crippen LogP contribution in [0.15, 0.2) is 23.0 Å². The molecule has 1 aliphatic rings. The van der Waals surface area contributed by atoms with Crippen molar-refractivity contribution in [1.29, 1.82) is 0 Å². The van der Waals surface area contributed by atoms with E-state index in [1.54, 1.807) is 0 Å². The average molecular weight is 259 g/mol. The zero-order chi connectivity index (χ0) is 13.6. The first-order valence-corrected chi connectivity index (χ1v) is 7.05. The number of para-hydroxylation sites is 1. The van der Waals surface area contributed by atoms with E-state index >= 15 is 0 Å². The van der Waals surface area contributed by atoms with Crippen molar-refractivity contribution in [3.8, 4) is 0 Å². The lowest BCUT2D eigenvalue weighted by atomic mass is 10.2. The molecule has 0 radical (unpaired) electrons. The van der Waals surface area contributed by atoms with Crippen LogP contribution in [0.3, 0.4) is 0 Å². The Balaban J connectivity index is 2.17. The molecule has 4 heteroatoms. The highest BCUT2D eigenvalue weighted by atomic mass is 16.1. The van der Waals surface area contributed by atoms with Crippen LogP contribution in [0.4, 0.5) is 0 Å². The molecule has 19 heavy (non-hydrogen) atoms. The van der Waals surface area contributed by atoms with Crippen molar-refractivity contribution in [2.75, 3.05) is 6.54 Å². The summed E-state index contributed by atoms with van der Waals surface area (Å²) in [5, 5.41) is 0. The minimum atomic E-state index is 0.0156. The van der Waals surface area contributed by atoms with Gasteiger partial charge in [0.25, 0.3) is 0 Å². The number of aromatic amines is 1. The van der Waals surface area contributed by atoms with E-state index in [0.29, 0.717) is 6.04 Å². The van der Waals surface area contributed by atoms with Crippen molar-refractivity contribution in [3.63, 3.8) is 0 Å². The van der Waals surface area contributed by atoms with Crippen LogP contribution < -0.4 is 5.69 Å². The van der Waals surface area contributed by atoms with Gasteiger partial charge in [0.15, 0.2) is 0 Å². The zero-order valence-corrected chi connectivity index (χ0v) is 11.8. The molecule has 1 aliphatic heterocycles. The van der Waals surface area contributed by atoms with Gasteiger partial charge < -0.3 is 4.98 Å². The Morgan fingerprint density at radius 1 is 1.37 bits per heavy atom. The lowest BCUT2D eigenvalue weighted by molar-refractivity contribution is 0.152. The summed E-state index contributed by atoms with van der Waals surface area (Å²) in [5.41, 5.74) is 3.15. The van der Waals surface area contributed by atoms with Crippen LogP contribution in [0, 0.1) is 6.92 Å². The summed E-state index contributed by atoms with van der Waals surface area (Å²) in [5.74, 6) is 0. The van der Waals surface area contributed by atoms with Crippen LogP contribution in [0.25, 0.3) is 11.0 Å². The minimum Gasteiger partial charge on any atom is -0.305 e. The number of benzene rings is 1. The van der Waals surface area contributed by atoms with Crippen LogP contribution in [-0.4, -0.2) is 27.0 Å². The predicted octanol–water partition coefficient (Wildman–Crippen LogP) is 2.64. The van der Waals surface area contributed by atoms with Gasteiger partial charge in [0, 0.05) is 12.6 Å². The minimum absolute atomic E-state index is 0.0156. The lowest BCUT2D eigenvalue weighted by Gasteiger charge is -2.29. The van der Waals surface area contributed by atoms with Gasteiger partial charge in [0.2, 0.25) is 0 Å². The molecule has 0 bridgehead atoms. The molecule has 102 valence electrons. The molecule has 0 saturated carbocycles. The van der Waals surface area contributed by atoms with Crippen LogP contribution in [0.2, 0.25) is 0 Å². The average Bonchev–Trinajstić information content (AvgIpc) is 2.93. The normalized spacial score (nSPS) is 20.7. The second kappa shape index (κ2) is 4.53. The fourth-order valence-electron chi connectivity index (χ4n) is 3.24. The smallest absolute Gasteiger partial charge is 0.305 e. The zero-order valence-electron chi connectivity index (χ0n) is 11.8. The number of fused-ring (bicyclic) bond motifs is 1. The highest BCUT2D eigenvalue weighted by Gasteiger charge is 2.30. The first-order chi connectivity index (χ1) is 9.09. The van der Waals surface area contributed by atoms with Crippen LogP contribution in [0.1, 0.15) is 38.4 Å². The maximum absolute atomic E-state index is 12.3. The van der Waals surface area contributed by atoms with E-state index in [1.807, 2.05) is 29.7 Å². The van der Waals surface area contributed by atoms with E-state index in [2.05, 4.69) is 23.7 Å². The first-order valence-electron chi connectivity index (χ1n) is 7.05. The van der Waals surface area contributed by atoms with E-state index in [-0.39, 0.29) is 11.9 Å². The molecule has 1 atom stereocenters. The standard InChI is InChI=1S/C15H21N3O/c1-10(2)17-9-5-8-13(17)18-12-7-4-6-11(3)14(12)16-15(18)19/h4,6-7,10,13H,5,8-9H2,1-3H3,(H,16,19). The van der Waals surface area contributed by atoms with Crippen molar-refractivity contribution < 1.29 is 0 Å². The third kappa shape index (κ3) is 1.91. The summed E-state index contributed by atoms with van der Waals surface area (Å²) in [6.45, 7) is 7.51. The Morgan fingerprint density at radius 2 is 2.16 bits per heavy atom. The van der Waals surface area contributed by atoms with Crippen molar-refractivity contribution in [3.05, 3.63) is 34.2 Å². The van der Waals surface area contributed by atoms with E-state index in [1.165, 1.54) is 0 Å². The maximum Gasteiger partial charge on any atom is 0.327 e. The molecule has 2 aromatic rings. The number of nitrogens with zero attached hydrogens (tertiary/aromatic N) is 2. The number of rotatable bonds is 2. The SMILES string of the molecule is Cc1cccc2c1[nH]c(=O)n2C1CCCN1C(C)C. The molecular formula is C15H21N3O. The Morgan fingerprint density at radius 3 is 2.89 bits per heavy atom. The molecule has 0 spiro atoms. The van der Waals surface area contributed by atoms with Gasteiger partial charge in [-0.15, -0.1) is 0 Å². The van der Waals surface area contributed by atoms with Crippen molar-refractivity contribution in [1.82, 2.24) is 14.5 Å². The number of nitrogens with one attached hydrogen (secondary N) is 1. The highest BCUT2D eigenvalue weighted by Crippen LogP contribution is 2.30. The number of hydrogen-bond acceptors (Lipinski definition) is 2. The summed E-state index contributed by atoms with van der Waals surface area (Å²) < 4.78 is 1.94. The number of aromatic nitrogens is 2. The van der Waals surface area contributed by atoms with Gasteiger partial charge in [0.05, 0.1) is 17.2 Å². The summed E-state index contributed by atoms with van der Waals surface area (Å²) in [7, 11) is 0. The summed E-state index contributed by atoms with van der Waals surface area (Å²) in [6.07, 6.45) is 2.41. The van der Waals surface area contributed by atoms with Crippen LogP contribution in [-0.2, 0) is 0 Å². The summed E-state index contributed by atoms with van der Waals surface area (Å²) in [4.78, 5) is 17.8. The molecule has 0 aliphatic carbocycles. The van der Waals surface area contributed by atoms with Crippen LogP contribution >= 0.6 is 0 Å². The Hall–Kier alpha value is -1.55. The second-order valence-corrected chi connectivity index (χ2v) is 5.72. The van der Waals surface area contributed by atoms with Gasteiger partial charge in [-0.3, -0.25) is 9.47 Å². The molecule has 4 nitrogen and oxygen atoms in total. The fourth-order valence-corrected chi connectivity index (χ4v) is 3.24. The molecule has 1 aromatic carbocycles. The van der Waals surface area contributed by atoms with Crippen molar-refractivity contribution >= 4 is 11.0 Å². The first kappa shape index (κ1) is 12.5. The Kier molecular flexibility index (Phi) is 2.97. The lowest BCUT2D eigenvalue weighted by Crippen LogP contribution is -2.37. The van der Waals surface area contributed by atoms with Crippen molar-refractivity contribution in [2.24, 2.45) is 0 Å². The van der Waals surface area contributed by atoms with Gasteiger partial charge in [-0.25, -0.2) is 4.79 Å². The highest BCUT2D eigenvalue weighted by molar-refractivity contribution is 5.78. The summed E-state index contributed by atoms with van der Waals surface area (Å²) >= 11 is 0. The van der Waals surface area contributed by atoms with Gasteiger partial charge in [-0.05, 0) is 45.2 Å². The topological polar surface area (TPSA) is 41.0 Å². The number of imidazole rings is 1. The predicted molar refractivity (Wildman–Crippen MR) is 77.4 cm³/mol.